The van der Waals surface area contributed by atoms with E-state index in [2.05, 4.69) is 10.3 Å². The summed E-state index contributed by atoms with van der Waals surface area (Å²) in [6.07, 6.45) is -0.635. The zero-order valence-corrected chi connectivity index (χ0v) is 14.0. The Morgan fingerprint density at radius 3 is 2.78 bits per heavy atom. The Morgan fingerprint density at radius 2 is 2.00 bits per heavy atom. The Kier molecular flexibility index (Phi) is 4.79. The van der Waals surface area contributed by atoms with Gasteiger partial charge in [-0.3, -0.25) is 4.79 Å². The van der Waals surface area contributed by atoms with Crippen LogP contribution in [0.2, 0.25) is 5.02 Å². The van der Waals surface area contributed by atoms with Crippen molar-refractivity contribution in [1.29, 1.82) is 0 Å². The molecule has 1 amide bonds. The number of nitrogens with one attached hydrogen (secondary N) is 1. The molecule has 0 radical (unpaired) electrons. The highest BCUT2D eigenvalue weighted by Gasteiger charge is 2.16. The molecule has 1 heterocycles. The maximum absolute atomic E-state index is 12.1. The first-order chi connectivity index (χ1) is 11.1. The van der Waals surface area contributed by atoms with Gasteiger partial charge in [-0.25, -0.2) is 4.98 Å². The molecule has 1 atom stereocenters. The zero-order chi connectivity index (χ0) is 16.2. The van der Waals surface area contributed by atoms with E-state index in [0.29, 0.717) is 17.3 Å². The van der Waals surface area contributed by atoms with Crippen LogP contribution in [0.5, 0.6) is 5.75 Å². The van der Waals surface area contributed by atoms with Crippen molar-refractivity contribution < 1.29 is 9.53 Å². The number of nitrogens with zero attached hydrogens (tertiary/aromatic N) is 1. The third-order valence-corrected chi connectivity index (χ3v) is 4.61. The summed E-state index contributed by atoms with van der Waals surface area (Å²) in [6, 6.07) is 15.0. The lowest BCUT2D eigenvalue weighted by Gasteiger charge is -2.15. The largest absolute Gasteiger partial charge is 0.479 e. The van der Waals surface area contributed by atoms with Gasteiger partial charge in [0.25, 0.3) is 5.91 Å². The highest BCUT2D eigenvalue weighted by atomic mass is 35.5. The highest BCUT2D eigenvalue weighted by Crippen LogP contribution is 2.24. The fourth-order valence-corrected chi connectivity index (χ4v) is 3.17. The average Bonchev–Trinajstić information content (AvgIpc) is 2.97. The lowest BCUT2D eigenvalue weighted by Crippen LogP contribution is -2.35. The van der Waals surface area contributed by atoms with Crippen LogP contribution in [0.3, 0.4) is 0 Å². The molecule has 1 unspecified atom stereocenters. The number of amides is 1. The van der Waals surface area contributed by atoms with Crippen molar-refractivity contribution in [2.75, 3.05) is 0 Å². The van der Waals surface area contributed by atoms with Crippen LogP contribution < -0.4 is 10.1 Å². The van der Waals surface area contributed by atoms with E-state index in [0.717, 1.165) is 15.2 Å². The Balaban J connectivity index is 1.59. The topological polar surface area (TPSA) is 51.2 Å². The molecule has 3 aromatic rings. The molecule has 0 bridgehead atoms. The van der Waals surface area contributed by atoms with Crippen molar-refractivity contribution >= 4 is 39.1 Å². The van der Waals surface area contributed by atoms with E-state index < -0.39 is 6.10 Å². The predicted octanol–water partition coefficient (Wildman–Crippen LogP) is 4.03. The molecule has 0 aliphatic heterocycles. The van der Waals surface area contributed by atoms with Crippen molar-refractivity contribution in [2.24, 2.45) is 0 Å². The van der Waals surface area contributed by atoms with Crippen LogP contribution in [0.4, 0.5) is 0 Å². The van der Waals surface area contributed by atoms with Crippen molar-refractivity contribution in [3.05, 3.63) is 58.6 Å². The van der Waals surface area contributed by atoms with E-state index in [1.165, 1.54) is 0 Å². The van der Waals surface area contributed by atoms with Crippen molar-refractivity contribution in [1.82, 2.24) is 10.3 Å². The van der Waals surface area contributed by atoms with Crippen LogP contribution in [-0.4, -0.2) is 17.0 Å². The molecular formula is C17H15ClN2O2S. The number of hydrogen-bond donors (Lipinski definition) is 1. The first kappa shape index (κ1) is 15.8. The number of thiazole rings is 1. The molecule has 0 aliphatic rings. The van der Waals surface area contributed by atoms with Gasteiger partial charge in [0.1, 0.15) is 10.8 Å². The van der Waals surface area contributed by atoms with E-state index in [4.69, 9.17) is 16.3 Å². The number of carbonyl (C=O) groups excluding carboxylic acids is 1. The number of aromatic nitrogens is 1. The van der Waals surface area contributed by atoms with Crippen molar-refractivity contribution in [2.45, 2.75) is 19.6 Å². The molecule has 4 nitrogen and oxygen atoms in total. The van der Waals surface area contributed by atoms with Gasteiger partial charge in [0.2, 0.25) is 0 Å². The quantitative estimate of drug-likeness (QED) is 0.758. The third kappa shape index (κ3) is 3.81. The summed E-state index contributed by atoms with van der Waals surface area (Å²) in [5, 5.41) is 4.19. The van der Waals surface area contributed by atoms with Gasteiger partial charge < -0.3 is 10.1 Å². The molecule has 0 saturated carbocycles. The van der Waals surface area contributed by atoms with Gasteiger partial charge in [0.05, 0.1) is 21.8 Å². The standard InChI is InChI=1S/C17H15ClN2O2S/c1-11(22-14-8-4-2-6-12(14)18)17(21)19-10-16-20-13-7-3-5-9-15(13)23-16/h2-9,11H,10H2,1H3,(H,19,21). The number of rotatable bonds is 5. The summed E-state index contributed by atoms with van der Waals surface area (Å²) in [6.45, 7) is 2.07. The van der Waals surface area contributed by atoms with Gasteiger partial charge in [0, 0.05) is 0 Å². The molecule has 1 aromatic heterocycles. The predicted molar refractivity (Wildman–Crippen MR) is 93.0 cm³/mol. The second kappa shape index (κ2) is 6.98. The van der Waals surface area contributed by atoms with Gasteiger partial charge >= 0.3 is 0 Å². The van der Waals surface area contributed by atoms with Crippen molar-refractivity contribution in [3.8, 4) is 5.75 Å². The number of halogens is 1. The van der Waals surface area contributed by atoms with Crippen LogP contribution in [0.1, 0.15) is 11.9 Å². The molecule has 1 N–H and O–H groups in total. The summed E-state index contributed by atoms with van der Waals surface area (Å²) in [5.41, 5.74) is 0.946. The fraction of sp³-hybridized carbons (Fsp3) is 0.176. The molecule has 6 heteroatoms. The number of ether oxygens (including phenoxy) is 1. The van der Waals surface area contributed by atoms with Gasteiger partial charge in [-0.15, -0.1) is 11.3 Å². The van der Waals surface area contributed by atoms with Crippen LogP contribution in [0, 0.1) is 0 Å². The summed E-state index contributed by atoms with van der Waals surface area (Å²) in [4.78, 5) is 16.6. The zero-order valence-electron chi connectivity index (χ0n) is 12.5. The monoisotopic (exact) mass is 346 g/mol. The minimum atomic E-state index is -0.635. The Hall–Kier alpha value is -2.11. The van der Waals surface area contributed by atoms with E-state index in [9.17, 15) is 4.79 Å². The SMILES string of the molecule is CC(Oc1ccccc1Cl)C(=O)NCc1nc2ccccc2s1. The summed E-state index contributed by atoms with van der Waals surface area (Å²) < 4.78 is 6.70. The minimum absolute atomic E-state index is 0.204. The lowest BCUT2D eigenvalue weighted by atomic mass is 10.3. The second-order valence-corrected chi connectivity index (χ2v) is 6.51. The average molecular weight is 347 g/mol. The van der Waals surface area contributed by atoms with Crippen LogP contribution in [0.25, 0.3) is 10.2 Å². The van der Waals surface area contributed by atoms with Crippen LogP contribution >= 0.6 is 22.9 Å². The Morgan fingerprint density at radius 1 is 1.26 bits per heavy atom. The number of fused-ring (bicyclic) bond motifs is 1. The lowest BCUT2D eigenvalue weighted by molar-refractivity contribution is -0.127. The molecule has 0 aliphatic carbocycles. The molecule has 0 saturated heterocycles. The van der Waals surface area contributed by atoms with Gasteiger partial charge in [-0.1, -0.05) is 35.9 Å². The van der Waals surface area contributed by atoms with E-state index in [1.807, 2.05) is 36.4 Å². The maximum Gasteiger partial charge on any atom is 0.261 e. The number of hydrogen-bond acceptors (Lipinski definition) is 4. The minimum Gasteiger partial charge on any atom is -0.479 e. The molecule has 0 fully saturated rings. The summed E-state index contributed by atoms with van der Waals surface area (Å²) in [5.74, 6) is 0.293. The molecule has 118 valence electrons. The highest BCUT2D eigenvalue weighted by molar-refractivity contribution is 7.18. The Labute approximate surface area is 143 Å². The molecular weight excluding hydrogens is 332 g/mol. The van der Waals surface area contributed by atoms with Crippen LogP contribution in [0.15, 0.2) is 48.5 Å². The fourth-order valence-electron chi connectivity index (χ4n) is 2.09. The maximum atomic E-state index is 12.1. The van der Waals surface area contributed by atoms with Gasteiger partial charge in [-0.2, -0.15) is 0 Å². The van der Waals surface area contributed by atoms with Gasteiger partial charge in [-0.05, 0) is 31.2 Å². The summed E-state index contributed by atoms with van der Waals surface area (Å²) in [7, 11) is 0. The molecule has 2 aromatic carbocycles. The van der Waals surface area contributed by atoms with Crippen molar-refractivity contribution in [3.63, 3.8) is 0 Å². The number of carbonyl (C=O) groups is 1. The first-order valence-corrected chi connectivity index (χ1v) is 8.36. The number of para-hydroxylation sites is 2. The van der Waals surface area contributed by atoms with Gasteiger partial charge in [0.15, 0.2) is 6.10 Å². The van der Waals surface area contributed by atoms with E-state index >= 15 is 0 Å². The second-order valence-electron chi connectivity index (χ2n) is 4.98. The van der Waals surface area contributed by atoms with E-state index in [1.54, 1.807) is 30.4 Å². The smallest absolute Gasteiger partial charge is 0.261 e. The number of benzene rings is 2. The summed E-state index contributed by atoms with van der Waals surface area (Å²) >= 11 is 7.60. The van der Waals surface area contributed by atoms with E-state index in [-0.39, 0.29) is 5.91 Å². The molecule has 0 spiro atoms. The molecule has 3 rings (SSSR count). The first-order valence-electron chi connectivity index (χ1n) is 7.17. The van der Waals surface area contributed by atoms with Crippen LogP contribution in [-0.2, 0) is 11.3 Å². The molecule has 23 heavy (non-hydrogen) atoms. The normalized spacial score (nSPS) is 12.1. The third-order valence-electron chi connectivity index (χ3n) is 3.26. The Bertz CT molecular complexity index is 801.